The first-order valence-corrected chi connectivity index (χ1v) is 6.54. The van der Waals surface area contributed by atoms with Crippen LogP contribution in [0.15, 0.2) is 22.7 Å². The van der Waals surface area contributed by atoms with E-state index in [1.165, 1.54) is 6.42 Å². The summed E-state index contributed by atoms with van der Waals surface area (Å²) in [6.45, 7) is 5.74. The fourth-order valence-electron chi connectivity index (χ4n) is 1.52. The lowest BCUT2D eigenvalue weighted by atomic mass is 10.1. The van der Waals surface area contributed by atoms with Crippen LogP contribution in [0.25, 0.3) is 0 Å². The van der Waals surface area contributed by atoms with Gasteiger partial charge in [0.2, 0.25) is 0 Å². The summed E-state index contributed by atoms with van der Waals surface area (Å²) in [6, 6.07) is 5.97. The third-order valence-electron chi connectivity index (χ3n) is 2.43. The Balaban J connectivity index is 2.47. The van der Waals surface area contributed by atoms with Crippen LogP contribution in [0.4, 0.5) is 0 Å². The molecular weight excluding hydrogens is 266 g/mol. The highest BCUT2D eigenvalue weighted by Crippen LogP contribution is 2.23. The summed E-state index contributed by atoms with van der Waals surface area (Å²) in [5.41, 5.74) is 6.73. The summed E-state index contributed by atoms with van der Waals surface area (Å²) in [7, 11) is 0. The van der Waals surface area contributed by atoms with Gasteiger partial charge in [-0.1, -0.05) is 29.8 Å². The Hall–Kier alpha value is -0.540. The summed E-state index contributed by atoms with van der Waals surface area (Å²) in [5, 5.41) is 0. The first kappa shape index (κ1) is 13.5. The standard InChI is InChI=1S/C13H20BrNO/c1-10(2)4-3-7-16-13-6-5-12(14)8-11(13)9-15/h5-6,8,10H,3-4,7,9,15H2,1-2H3. The molecule has 0 atom stereocenters. The fraction of sp³-hybridized carbons (Fsp3) is 0.538. The molecule has 0 fully saturated rings. The van der Waals surface area contributed by atoms with Gasteiger partial charge in [-0.05, 0) is 37.0 Å². The number of nitrogens with two attached hydrogens (primary N) is 1. The van der Waals surface area contributed by atoms with Crippen LogP contribution in [0, 0.1) is 5.92 Å². The van der Waals surface area contributed by atoms with Crippen molar-refractivity contribution in [1.29, 1.82) is 0 Å². The van der Waals surface area contributed by atoms with Gasteiger partial charge in [0.15, 0.2) is 0 Å². The topological polar surface area (TPSA) is 35.2 Å². The molecule has 0 saturated heterocycles. The third kappa shape index (κ3) is 4.54. The average Bonchev–Trinajstić information content (AvgIpc) is 2.25. The summed E-state index contributed by atoms with van der Waals surface area (Å²) in [5.74, 6) is 1.65. The summed E-state index contributed by atoms with van der Waals surface area (Å²) in [4.78, 5) is 0. The van der Waals surface area contributed by atoms with Crippen LogP contribution in [0.5, 0.6) is 5.75 Å². The molecule has 0 aromatic heterocycles. The van der Waals surface area contributed by atoms with E-state index in [-0.39, 0.29) is 0 Å². The zero-order chi connectivity index (χ0) is 12.0. The van der Waals surface area contributed by atoms with Gasteiger partial charge in [0.05, 0.1) is 6.61 Å². The molecule has 0 aliphatic heterocycles. The van der Waals surface area contributed by atoms with Crippen LogP contribution in [0.1, 0.15) is 32.3 Å². The first-order valence-electron chi connectivity index (χ1n) is 5.74. The van der Waals surface area contributed by atoms with Gasteiger partial charge in [0.1, 0.15) is 5.75 Å². The zero-order valence-electron chi connectivity index (χ0n) is 10.0. The maximum Gasteiger partial charge on any atom is 0.123 e. The van der Waals surface area contributed by atoms with Crippen molar-refractivity contribution < 1.29 is 4.74 Å². The number of rotatable bonds is 6. The van der Waals surface area contributed by atoms with Crippen molar-refractivity contribution in [2.45, 2.75) is 33.2 Å². The van der Waals surface area contributed by atoms with E-state index in [2.05, 4.69) is 29.8 Å². The van der Waals surface area contributed by atoms with Crippen LogP contribution in [-0.2, 0) is 6.54 Å². The van der Waals surface area contributed by atoms with Gasteiger partial charge < -0.3 is 10.5 Å². The van der Waals surface area contributed by atoms with E-state index < -0.39 is 0 Å². The van der Waals surface area contributed by atoms with Crippen LogP contribution >= 0.6 is 15.9 Å². The van der Waals surface area contributed by atoms with Gasteiger partial charge >= 0.3 is 0 Å². The highest BCUT2D eigenvalue weighted by Gasteiger charge is 2.03. The monoisotopic (exact) mass is 285 g/mol. The Morgan fingerprint density at radius 3 is 2.75 bits per heavy atom. The minimum Gasteiger partial charge on any atom is -0.493 e. The summed E-state index contributed by atoms with van der Waals surface area (Å²) in [6.07, 6.45) is 2.30. The molecule has 1 aromatic rings. The number of halogens is 1. The van der Waals surface area contributed by atoms with Gasteiger partial charge in [0, 0.05) is 16.6 Å². The Labute approximate surface area is 106 Å². The lowest BCUT2D eigenvalue weighted by Gasteiger charge is -2.11. The van der Waals surface area contributed by atoms with Crippen LogP contribution in [-0.4, -0.2) is 6.61 Å². The molecule has 2 nitrogen and oxygen atoms in total. The quantitative estimate of drug-likeness (QED) is 0.809. The molecule has 0 bridgehead atoms. The van der Waals surface area contributed by atoms with Gasteiger partial charge in [0.25, 0.3) is 0 Å². The second-order valence-electron chi connectivity index (χ2n) is 4.34. The Kier molecular flexibility index (Phi) is 5.85. The molecule has 0 aliphatic carbocycles. The highest BCUT2D eigenvalue weighted by atomic mass is 79.9. The van der Waals surface area contributed by atoms with E-state index in [0.29, 0.717) is 6.54 Å². The average molecular weight is 286 g/mol. The van der Waals surface area contributed by atoms with Crippen molar-refractivity contribution in [2.75, 3.05) is 6.61 Å². The van der Waals surface area contributed by atoms with Crippen molar-refractivity contribution in [2.24, 2.45) is 11.7 Å². The lowest BCUT2D eigenvalue weighted by molar-refractivity contribution is 0.295. The number of ether oxygens (including phenoxy) is 1. The molecule has 0 radical (unpaired) electrons. The largest absolute Gasteiger partial charge is 0.493 e. The minimum atomic E-state index is 0.513. The van der Waals surface area contributed by atoms with Crippen molar-refractivity contribution in [3.05, 3.63) is 28.2 Å². The van der Waals surface area contributed by atoms with Crippen LogP contribution < -0.4 is 10.5 Å². The van der Waals surface area contributed by atoms with Gasteiger partial charge in [-0.25, -0.2) is 0 Å². The van der Waals surface area contributed by atoms with Crippen molar-refractivity contribution in [3.8, 4) is 5.75 Å². The molecule has 16 heavy (non-hydrogen) atoms. The second kappa shape index (κ2) is 6.92. The Morgan fingerprint density at radius 2 is 2.12 bits per heavy atom. The maximum absolute atomic E-state index is 5.73. The predicted octanol–water partition coefficient (Wildman–Crippen LogP) is 3.72. The molecule has 1 rings (SSSR count). The van der Waals surface area contributed by atoms with Crippen molar-refractivity contribution >= 4 is 15.9 Å². The zero-order valence-corrected chi connectivity index (χ0v) is 11.6. The molecule has 2 N–H and O–H groups in total. The predicted molar refractivity (Wildman–Crippen MR) is 71.6 cm³/mol. The smallest absolute Gasteiger partial charge is 0.123 e. The molecular formula is C13H20BrNO. The Morgan fingerprint density at radius 1 is 1.38 bits per heavy atom. The molecule has 0 heterocycles. The molecule has 0 aliphatic rings. The van der Waals surface area contributed by atoms with Crippen molar-refractivity contribution in [3.63, 3.8) is 0 Å². The second-order valence-corrected chi connectivity index (χ2v) is 5.26. The van der Waals surface area contributed by atoms with Gasteiger partial charge in [-0.2, -0.15) is 0 Å². The number of hydrogen-bond acceptors (Lipinski definition) is 2. The molecule has 0 spiro atoms. The normalized spacial score (nSPS) is 10.8. The first-order chi connectivity index (χ1) is 7.63. The molecule has 0 amide bonds. The summed E-state index contributed by atoms with van der Waals surface area (Å²) < 4.78 is 6.78. The van der Waals surface area contributed by atoms with E-state index in [1.54, 1.807) is 0 Å². The van der Waals surface area contributed by atoms with Gasteiger partial charge in [-0.15, -0.1) is 0 Å². The minimum absolute atomic E-state index is 0.513. The van der Waals surface area contributed by atoms with Crippen LogP contribution in [0.3, 0.4) is 0 Å². The van der Waals surface area contributed by atoms with E-state index in [4.69, 9.17) is 10.5 Å². The molecule has 0 saturated carbocycles. The van der Waals surface area contributed by atoms with Gasteiger partial charge in [-0.3, -0.25) is 0 Å². The molecule has 3 heteroatoms. The number of hydrogen-bond donors (Lipinski definition) is 1. The SMILES string of the molecule is CC(C)CCCOc1ccc(Br)cc1CN. The van der Waals surface area contributed by atoms with E-state index in [9.17, 15) is 0 Å². The molecule has 0 unspecified atom stereocenters. The fourth-order valence-corrected chi connectivity index (χ4v) is 1.93. The van der Waals surface area contributed by atoms with E-state index >= 15 is 0 Å². The Bertz CT molecular complexity index is 326. The molecule has 90 valence electrons. The van der Waals surface area contributed by atoms with Crippen LogP contribution in [0.2, 0.25) is 0 Å². The third-order valence-corrected chi connectivity index (χ3v) is 2.92. The lowest BCUT2D eigenvalue weighted by Crippen LogP contribution is -2.04. The van der Waals surface area contributed by atoms with Crippen molar-refractivity contribution in [1.82, 2.24) is 0 Å². The maximum atomic E-state index is 5.73. The molecule has 1 aromatic carbocycles. The highest BCUT2D eigenvalue weighted by molar-refractivity contribution is 9.10. The number of benzene rings is 1. The van der Waals surface area contributed by atoms with E-state index in [0.717, 1.165) is 34.7 Å². The van der Waals surface area contributed by atoms with E-state index in [1.807, 2.05) is 18.2 Å². The summed E-state index contributed by atoms with van der Waals surface area (Å²) >= 11 is 3.43.